The van der Waals surface area contributed by atoms with Gasteiger partial charge in [-0.25, -0.2) is 4.57 Å². The van der Waals surface area contributed by atoms with Crippen LogP contribution >= 0.6 is 0 Å². The van der Waals surface area contributed by atoms with E-state index < -0.39 is 0 Å². The second-order valence-corrected chi connectivity index (χ2v) is 10.8. The Kier molecular flexibility index (Phi) is 4.66. The van der Waals surface area contributed by atoms with Crippen molar-refractivity contribution in [2.45, 2.75) is 40.5 Å². The highest BCUT2D eigenvalue weighted by atomic mass is 16.3. The fraction of sp³-hybridized carbons (Fsp3) is 0.250. The summed E-state index contributed by atoms with van der Waals surface area (Å²) in [4.78, 5) is 0. The van der Waals surface area contributed by atoms with Gasteiger partial charge in [-0.3, -0.25) is 0 Å². The lowest BCUT2D eigenvalue weighted by molar-refractivity contribution is -0.660. The SMILES string of the molecule is Cc1ccc(-c2c(C#N)ccc3c2oc2c(-c4cccc[n+]4C)c(C)ccc23)c2c1CC(C)(C)C2. The second kappa shape index (κ2) is 7.55. The van der Waals surface area contributed by atoms with Gasteiger partial charge in [-0.05, 0) is 78.1 Å². The van der Waals surface area contributed by atoms with Gasteiger partial charge in [-0.15, -0.1) is 0 Å². The number of nitriles is 1. The maximum atomic E-state index is 10.1. The molecule has 172 valence electrons. The first kappa shape index (κ1) is 21.6. The van der Waals surface area contributed by atoms with Crippen LogP contribution in [0.15, 0.2) is 65.2 Å². The Morgan fingerprint density at radius 1 is 0.829 bits per heavy atom. The fourth-order valence-corrected chi connectivity index (χ4v) is 5.98. The van der Waals surface area contributed by atoms with Gasteiger partial charge in [0.25, 0.3) is 0 Å². The van der Waals surface area contributed by atoms with Crippen molar-refractivity contribution < 1.29 is 8.98 Å². The third-order valence-electron chi connectivity index (χ3n) is 7.69. The predicted molar refractivity (Wildman–Crippen MR) is 141 cm³/mol. The average Bonchev–Trinajstić information content (AvgIpc) is 3.37. The topological polar surface area (TPSA) is 40.8 Å². The normalized spacial score (nSPS) is 14.4. The minimum absolute atomic E-state index is 0.212. The predicted octanol–water partition coefficient (Wildman–Crippen LogP) is 7.36. The van der Waals surface area contributed by atoms with Crippen molar-refractivity contribution in [2.24, 2.45) is 12.5 Å². The van der Waals surface area contributed by atoms with E-state index in [1.54, 1.807) is 0 Å². The van der Waals surface area contributed by atoms with Crippen LogP contribution in [0.4, 0.5) is 0 Å². The van der Waals surface area contributed by atoms with Crippen molar-refractivity contribution in [1.82, 2.24) is 0 Å². The maximum absolute atomic E-state index is 10.1. The highest BCUT2D eigenvalue weighted by Gasteiger charge is 2.33. The lowest BCUT2D eigenvalue weighted by Gasteiger charge is -2.16. The molecule has 2 heterocycles. The molecule has 0 radical (unpaired) electrons. The molecule has 0 saturated heterocycles. The summed E-state index contributed by atoms with van der Waals surface area (Å²) in [6.45, 7) is 8.99. The van der Waals surface area contributed by atoms with Gasteiger partial charge < -0.3 is 4.42 Å². The van der Waals surface area contributed by atoms with Gasteiger partial charge in [0, 0.05) is 28.5 Å². The zero-order valence-corrected chi connectivity index (χ0v) is 21.0. The van der Waals surface area contributed by atoms with E-state index in [0.717, 1.165) is 57.2 Å². The highest BCUT2D eigenvalue weighted by Crippen LogP contribution is 2.47. The number of hydrogen-bond acceptors (Lipinski definition) is 2. The van der Waals surface area contributed by atoms with E-state index in [9.17, 15) is 5.26 Å². The molecule has 3 nitrogen and oxygen atoms in total. The van der Waals surface area contributed by atoms with Gasteiger partial charge in [0.2, 0.25) is 5.69 Å². The molecule has 1 aliphatic rings. The third kappa shape index (κ3) is 3.21. The van der Waals surface area contributed by atoms with Gasteiger partial charge in [-0.2, -0.15) is 5.26 Å². The molecular weight excluding hydrogens is 428 g/mol. The molecule has 0 N–H and O–H groups in total. The lowest BCUT2D eigenvalue weighted by Crippen LogP contribution is -2.30. The van der Waals surface area contributed by atoms with Crippen LogP contribution in [-0.2, 0) is 19.9 Å². The highest BCUT2D eigenvalue weighted by molar-refractivity contribution is 6.14. The van der Waals surface area contributed by atoms with Crippen molar-refractivity contribution in [3.8, 4) is 28.5 Å². The van der Waals surface area contributed by atoms with Crippen LogP contribution in [0, 0.1) is 30.6 Å². The molecule has 0 amide bonds. The van der Waals surface area contributed by atoms with E-state index in [2.05, 4.69) is 88.0 Å². The Bertz CT molecular complexity index is 1710. The summed E-state index contributed by atoms with van der Waals surface area (Å²) in [6.07, 6.45) is 4.13. The molecule has 0 aliphatic heterocycles. The molecule has 35 heavy (non-hydrogen) atoms. The second-order valence-electron chi connectivity index (χ2n) is 10.8. The van der Waals surface area contributed by atoms with Crippen LogP contribution in [0.5, 0.6) is 0 Å². The molecule has 0 spiro atoms. The molecule has 3 heteroatoms. The molecule has 3 aromatic carbocycles. The van der Waals surface area contributed by atoms with Gasteiger partial charge in [0.05, 0.1) is 17.2 Å². The molecule has 0 atom stereocenters. The molecule has 2 aromatic heterocycles. The molecular formula is C32H29N2O+. The summed E-state index contributed by atoms with van der Waals surface area (Å²) in [5, 5.41) is 12.3. The Morgan fingerprint density at radius 3 is 2.26 bits per heavy atom. The van der Waals surface area contributed by atoms with Gasteiger partial charge in [0.1, 0.15) is 18.2 Å². The number of aromatic nitrogens is 1. The summed E-state index contributed by atoms with van der Waals surface area (Å²) in [6, 6.07) is 21.4. The number of furan rings is 1. The molecule has 0 saturated carbocycles. The molecule has 0 unspecified atom stereocenters. The number of nitrogens with zero attached hydrogens (tertiary/aromatic N) is 2. The minimum atomic E-state index is 0.212. The number of hydrogen-bond donors (Lipinski definition) is 0. The zero-order chi connectivity index (χ0) is 24.5. The monoisotopic (exact) mass is 457 g/mol. The van der Waals surface area contributed by atoms with Crippen LogP contribution < -0.4 is 4.57 Å². The van der Waals surface area contributed by atoms with E-state index in [4.69, 9.17) is 4.42 Å². The Labute approximate surface area is 206 Å². The number of pyridine rings is 1. The van der Waals surface area contributed by atoms with Crippen LogP contribution in [-0.4, -0.2) is 0 Å². The van der Waals surface area contributed by atoms with Crippen LogP contribution in [0.25, 0.3) is 44.3 Å². The quantitative estimate of drug-likeness (QED) is 0.260. The van der Waals surface area contributed by atoms with Crippen molar-refractivity contribution >= 4 is 21.9 Å². The summed E-state index contributed by atoms with van der Waals surface area (Å²) < 4.78 is 8.91. The first-order valence-corrected chi connectivity index (χ1v) is 12.2. The molecule has 1 aliphatic carbocycles. The van der Waals surface area contributed by atoms with E-state index in [0.29, 0.717) is 5.56 Å². The molecule has 5 aromatic rings. The van der Waals surface area contributed by atoms with E-state index in [-0.39, 0.29) is 5.41 Å². The average molecular weight is 458 g/mol. The molecule has 0 bridgehead atoms. The number of benzene rings is 3. The third-order valence-corrected chi connectivity index (χ3v) is 7.69. The van der Waals surface area contributed by atoms with Gasteiger partial charge in [-0.1, -0.05) is 38.1 Å². The summed E-state index contributed by atoms with van der Waals surface area (Å²) >= 11 is 0. The Hall–Kier alpha value is -3.90. The van der Waals surface area contributed by atoms with Crippen molar-refractivity contribution in [2.75, 3.05) is 0 Å². The van der Waals surface area contributed by atoms with E-state index in [1.165, 1.54) is 22.3 Å². The zero-order valence-electron chi connectivity index (χ0n) is 21.0. The summed E-state index contributed by atoms with van der Waals surface area (Å²) in [7, 11) is 2.06. The lowest BCUT2D eigenvalue weighted by atomic mass is 9.88. The van der Waals surface area contributed by atoms with Crippen LogP contribution in [0.3, 0.4) is 0 Å². The van der Waals surface area contributed by atoms with Crippen molar-refractivity contribution in [3.63, 3.8) is 0 Å². The number of rotatable bonds is 2. The largest absolute Gasteiger partial charge is 0.454 e. The molecule has 0 fully saturated rings. The maximum Gasteiger partial charge on any atom is 0.216 e. The van der Waals surface area contributed by atoms with Gasteiger partial charge >= 0.3 is 0 Å². The van der Waals surface area contributed by atoms with Crippen LogP contribution in [0.1, 0.15) is 41.7 Å². The Morgan fingerprint density at radius 2 is 1.51 bits per heavy atom. The van der Waals surface area contributed by atoms with Crippen molar-refractivity contribution in [1.29, 1.82) is 5.26 Å². The van der Waals surface area contributed by atoms with Crippen LogP contribution in [0.2, 0.25) is 0 Å². The van der Waals surface area contributed by atoms with Crippen molar-refractivity contribution in [3.05, 3.63) is 88.6 Å². The van der Waals surface area contributed by atoms with Gasteiger partial charge in [0.15, 0.2) is 6.20 Å². The van der Waals surface area contributed by atoms with E-state index in [1.807, 2.05) is 18.2 Å². The summed E-state index contributed by atoms with van der Waals surface area (Å²) in [5.41, 5.74) is 12.1. The first-order chi connectivity index (χ1) is 16.8. The summed E-state index contributed by atoms with van der Waals surface area (Å²) in [5.74, 6) is 0. The smallest absolute Gasteiger partial charge is 0.216 e. The standard InChI is InChI=1S/C32H29N2O/c1-19-9-12-22(26-17-32(3,4)16-25(19)26)29-21(18-33)11-14-24-23-13-10-20(2)28(30(23)35-31(24)29)27-8-6-7-15-34(27)5/h6-15H,16-17H2,1-5H3/q+1. The molecule has 6 rings (SSSR count). The fourth-order valence-electron chi connectivity index (χ4n) is 5.98. The Balaban J connectivity index is 1.72. The number of aryl methyl sites for hydroxylation is 3. The minimum Gasteiger partial charge on any atom is -0.454 e. The first-order valence-electron chi connectivity index (χ1n) is 12.2. The number of fused-ring (bicyclic) bond motifs is 4. The van der Waals surface area contributed by atoms with E-state index >= 15 is 0 Å².